The summed E-state index contributed by atoms with van der Waals surface area (Å²) in [5.41, 5.74) is 0.784. The van der Waals surface area contributed by atoms with Crippen molar-refractivity contribution in [3.63, 3.8) is 0 Å². The van der Waals surface area contributed by atoms with Gasteiger partial charge in [0.05, 0.1) is 4.90 Å². The fourth-order valence-corrected chi connectivity index (χ4v) is 4.06. The van der Waals surface area contributed by atoms with E-state index in [-0.39, 0.29) is 16.8 Å². The lowest BCUT2D eigenvalue weighted by Crippen LogP contribution is -2.36. The molecule has 1 aromatic carbocycles. The number of nitrogens with zero attached hydrogens (tertiary/aromatic N) is 1. The molecule has 0 aliphatic heterocycles. The molecule has 0 heterocycles. The van der Waals surface area contributed by atoms with Crippen molar-refractivity contribution in [1.82, 2.24) is 9.62 Å². The Morgan fingerprint density at radius 2 is 1.68 bits per heavy atom. The Bertz CT molecular complexity index is 675. The summed E-state index contributed by atoms with van der Waals surface area (Å²) in [6.45, 7) is 10.7. The summed E-state index contributed by atoms with van der Waals surface area (Å²) in [5.74, 6) is 0.243. The normalized spacial score (nSPS) is 13.6. The maximum atomic E-state index is 12.4. The zero-order chi connectivity index (χ0) is 19.0. The van der Waals surface area contributed by atoms with Crippen LogP contribution in [0.5, 0.6) is 0 Å². The molecule has 0 bridgehead atoms. The highest BCUT2D eigenvalue weighted by Crippen LogP contribution is 2.16. The van der Waals surface area contributed by atoms with Crippen LogP contribution in [0.1, 0.15) is 46.6 Å². The molecule has 25 heavy (non-hydrogen) atoms. The molecule has 0 aliphatic rings. The highest BCUT2D eigenvalue weighted by atomic mass is 32.2. The lowest BCUT2D eigenvalue weighted by atomic mass is 10.0. The Morgan fingerprint density at radius 1 is 1.12 bits per heavy atom. The summed E-state index contributed by atoms with van der Waals surface area (Å²) in [6, 6.07) is 6.72. The van der Waals surface area contributed by atoms with Crippen molar-refractivity contribution < 1.29 is 13.2 Å². The monoisotopic (exact) mass is 366 g/mol. The van der Waals surface area contributed by atoms with Crippen LogP contribution in [0.3, 0.4) is 0 Å². The van der Waals surface area contributed by atoms with E-state index in [1.807, 2.05) is 20.8 Å². The molecule has 0 aliphatic carbocycles. The molecule has 1 aromatic rings. The number of carbonyl (C=O) groups is 1. The van der Waals surface area contributed by atoms with E-state index in [0.717, 1.165) is 12.0 Å². The molecule has 0 saturated carbocycles. The van der Waals surface area contributed by atoms with Crippen LogP contribution in [0.2, 0.25) is 0 Å². The molecule has 0 aromatic heterocycles. The molecule has 6 heteroatoms. The molecule has 1 rings (SSSR count). The number of benzene rings is 1. The zero-order valence-electron chi connectivity index (χ0n) is 15.8. The summed E-state index contributed by atoms with van der Waals surface area (Å²) < 4.78 is 26.3. The van der Waals surface area contributed by atoms with Crippen molar-refractivity contribution in [2.75, 3.05) is 13.1 Å². The maximum absolute atomic E-state index is 12.4. The first-order valence-corrected chi connectivity index (χ1v) is 10.3. The number of amides is 1. The smallest absolute Gasteiger partial charge is 0.244 e. The number of hydrogen-bond donors (Lipinski definition) is 1. The van der Waals surface area contributed by atoms with Gasteiger partial charge in [-0.15, -0.1) is 0 Å². The first kappa shape index (κ1) is 21.4. The average Bonchev–Trinajstić information content (AvgIpc) is 2.58. The van der Waals surface area contributed by atoms with Gasteiger partial charge < -0.3 is 5.32 Å². The summed E-state index contributed by atoms with van der Waals surface area (Å²) in [5, 5.41) is 2.97. The fraction of sp³-hybridized carbons (Fsp3) is 0.526. The molecular weight excluding hydrogens is 336 g/mol. The maximum Gasteiger partial charge on any atom is 0.244 e. The van der Waals surface area contributed by atoms with E-state index in [4.69, 9.17) is 0 Å². The zero-order valence-corrected chi connectivity index (χ0v) is 16.6. The lowest BCUT2D eigenvalue weighted by molar-refractivity contribution is -0.117. The minimum absolute atomic E-state index is 0.139. The lowest BCUT2D eigenvalue weighted by Gasteiger charge is -2.19. The van der Waals surface area contributed by atoms with Crippen LogP contribution in [0.4, 0.5) is 0 Å². The Hall–Kier alpha value is -1.66. The van der Waals surface area contributed by atoms with Crippen molar-refractivity contribution in [2.24, 2.45) is 5.92 Å². The molecule has 5 nitrogen and oxygen atoms in total. The van der Waals surface area contributed by atoms with Crippen molar-refractivity contribution >= 4 is 22.0 Å². The highest BCUT2D eigenvalue weighted by Gasteiger charge is 2.20. The number of carbonyl (C=O) groups excluding carboxylic acids is 1. The predicted molar refractivity (Wildman–Crippen MR) is 103 cm³/mol. The van der Waals surface area contributed by atoms with Gasteiger partial charge in [-0.3, -0.25) is 4.79 Å². The van der Waals surface area contributed by atoms with Gasteiger partial charge in [-0.05, 0) is 36.1 Å². The first-order valence-electron chi connectivity index (χ1n) is 8.84. The van der Waals surface area contributed by atoms with Crippen LogP contribution in [0.25, 0.3) is 6.08 Å². The third kappa shape index (κ3) is 5.97. The van der Waals surface area contributed by atoms with Crippen molar-refractivity contribution in [3.05, 3.63) is 35.9 Å². The number of nitrogens with one attached hydrogen (secondary N) is 1. The van der Waals surface area contributed by atoms with E-state index in [9.17, 15) is 13.2 Å². The topological polar surface area (TPSA) is 66.5 Å². The van der Waals surface area contributed by atoms with Crippen molar-refractivity contribution in [3.8, 4) is 0 Å². The Balaban J connectivity index is 2.82. The predicted octanol–water partition coefficient (Wildman–Crippen LogP) is 3.28. The number of hydrogen-bond acceptors (Lipinski definition) is 3. The van der Waals surface area contributed by atoms with Gasteiger partial charge in [0.25, 0.3) is 0 Å². The quantitative estimate of drug-likeness (QED) is 0.682. The first-order chi connectivity index (χ1) is 11.8. The minimum atomic E-state index is -3.45. The van der Waals surface area contributed by atoms with Gasteiger partial charge in [-0.25, -0.2) is 8.42 Å². The van der Waals surface area contributed by atoms with E-state index < -0.39 is 10.0 Å². The molecule has 140 valence electrons. The molecule has 0 radical (unpaired) electrons. The second kappa shape index (κ2) is 9.73. The average molecular weight is 367 g/mol. The van der Waals surface area contributed by atoms with Crippen molar-refractivity contribution in [1.29, 1.82) is 0 Å². The summed E-state index contributed by atoms with van der Waals surface area (Å²) >= 11 is 0. The largest absolute Gasteiger partial charge is 0.350 e. The SMILES string of the molecule is CCC(NC(=O)/C=C/c1ccc(S(=O)(=O)N(CC)CC)cc1)C(C)C. The van der Waals surface area contributed by atoms with Gasteiger partial charge in [-0.2, -0.15) is 4.31 Å². The van der Waals surface area contributed by atoms with E-state index in [0.29, 0.717) is 19.0 Å². The molecule has 1 unspecified atom stereocenters. The molecule has 1 atom stereocenters. The van der Waals surface area contributed by atoms with Gasteiger partial charge in [-0.1, -0.05) is 46.8 Å². The highest BCUT2D eigenvalue weighted by molar-refractivity contribution is 7.89. The van der Waals surface area contributed by atoms with Crippen LogP contribution in [-0.4, -0.2) is 37.8 Å². The van der Waals surface area contributed by atoms with Gasteiger partial charge in [0.15, 0.2) is 0 Å². The fourth-order valence-electron chi connectivity index (χ4n) is 2.61. The molecular formula is C19H30N2O3S. The molecule has 1 N–H and O–H groups in total. The van der Waals surface area contributed by atoms with Gasteiger partial charge >= 0.3 is 0 Å². The van der Waals surface area contributed by atoms with Crippen LogP contribution < -0.4 is 5.32 Å². The van der Waals surface area contributed by atoms with E-state index in [1.165, 1.54) is 10.4 Å². The Labute approximate surface area is 152 Å². The van der Waals surface area contributed by atoms with Gasteiger partial charge in [0.1, 0.15) is 0 Å². The number of rotatable bonds is 9. The van der Waals surface area contributed by atoms with E-state index in [2.05, 4.69) is 19.2 Å². The van der Waals surface area contributed by atoms with Gasteiger partial charge in [0.2, 0.25) is 15.9 Å². The van der Waals surface area contributed by atoms with Crippen LogP contribution in [0, 0.1) is 5.92 Å². The van der Waals surface area contributed by atoms with Crippen LogP contribution in [0.15, 0.2) is 35.2 Å². The number of sulfonamides is 1. The molecule has 0 spiro atoms. The van der Waals surface area contributed by atoms with E-state index >= 15 is 0 Å². The second-order valence-corrected chi connectivity index (χ2v) is 8.20. The van der Waals surface area contributed by atoms with Gasteiger partial charge in [0, 0.05) is 25.2 Å². The van der Waals surface area contributed by atoms with E-state index in [1.54, 1.807) is 30.3 Å². The van der Waals surface area contributed by atoms with Crippen molar-refractivity contribution in [2.45, 2.75) is 52.0 Å². The third-order valence-corrected chi connectivity index (χ3v) is 6.29. The summed E-state index contributed by atoms with van der Waals surface area (Å²) in [7, 11) is -3.45. The Kier molecular flexibility index (Phi) is 8.32. The standard InChI is InChI=1S/C19H30N2O3S/c1-6-18(15(4)5)20-19(22)14-11-16-9-12-17(13-10-16)25(23,24)21(7-2)8-3/h9-15,18H,6-8H2,1-5H3,(H,20,22)/b14-11+. The summed E-state index contributed by atoms with van der Waals surface area (Å²) in [4.78, 5) is 12.3. The van der Waals surface area contributed by atoms with Crippen LogP contribution in [-0.2, 0) is 14.8 Å². The molecule has 1 amide bonds. The molecule has 0 fully saturated rings. The van der Waals surface area contributed by atoms with Crippen LogP contribution >= 0.6 is 0 Å². The second-order valence-electron chi connectivity index (χ2n) is 6.26. The third-order valence-electron chi connectivity index (χ3n) is 4.22. The summed E-state index contributed by atoms with van der Waals surface area (Å²) in [6.07, 6.45) is 4.06. The minimum Gasteiger partial charge on any atom is -0.350 e. The molecule has 0 saturated heterocycles. The Morgan fingerprint density at radius 3 is 2.12 bits per heavy atom.